The van der Waals surface area contributed by atoms with Crippen LogP contribution in [0.2, 0.25) is 0 Å². The maximum atomic E-state index is 12.1. The van der Waals surface area contributed by atoms with E-state index in [1.54, 1.807) is 11.9 Å². The normalized spacial score (nSPS) is 12.0. The van der Waals surface area contributed by atoms with Gasteiger partial charge in [0.1, 0.15) is 0 Å². The monoisotopic (exact) mass is 319 g/mol. The Morgan fingerprint density at radius 3 is 2.43 bits per heavy atom. The molecule has 23 heavy (non-hydrogen) atoms. The topological polar surface area (TPSA) is 61.4 Å². The van der Waals surface area contributed by atoms with Gasteiger partial charge in [0.05, 0.1) is 13.1 Å². The predicted octanol–water partition coefficient (Wildman–Crippen LogP) is 2.42. The second-order valence-electron chi connectivity index (χ2n) is 5.99. The molecule has 1 atom stereocenters. The molecule has 2 N–H and O–H groups in total. The molecule has 1 rings (SSSR count). The lowest BCUT2D eigenvalue weighted by Gasteiger charge is -2.19. The van der Waals surface area contributed by atoms with Crippen LogP contribution in [0.15, 0.2) is 24.3 Å². The second kappa shape index (κ2) is 10.0. The van der Waals surface area contributed by atoms with Gasteiger partial charge in [-0.15, -0.1) is 0 Å². The molecule has 1 aromatic rings. The molecule has 2 amide bonds. The number of anilines is 1. The number of carbonyl (C=O) groups is 2. The molecular weight excluding hydrogens is 290 g/mol. The van der Waals surface area contributed by atoms with Gasteiger partial charge < -0.3 is 10.6 Å². The zero-order valence-electron chi connectivity index (χ0n) is 14.7. The van der Waals surface area contributed by atoms with E-state index in [0.29, 0.717) is 0 Å². The first-order valence-electron chi connectivity index (χ1n) is 8.31. The summed E-state index contributed by atoms with van der Waals surface area (Å²) in [6, 6.07) is 7.94. The summed E-state index contributed by atoms with van der Waals surface area (Å²) in [4.78, 5) is 25.7. The van der Waals surface area contributed by atoms with E-state index in [1.807, 2.05) is 31.2 Å². The summed E-state index contributed by atoms with van der Waals surface area (Å²) in [5.41, 5.74) is 1.95. The van der Waals surface area contributed by atoms with Gasteiger partial charge in [0.2, 0.25) is 11.8 Å². The lowest BCUT2D eigenvalue weighted by Crippen LogP contribution is -2.42. The second-order valence-corrected chi connectivity index (χ2v) is 5.99. The zero-order valence-corrected chi connectivity index (χ0v) is 14.7. The molecule has 1 unspecified atom stereocenters. The standard InChI is InChI=1S/C18H29N3O2/c1-5-9-14(3)19-17(22)12-21(4)13-18(23)20-16-11-8-7-10-15(16)6-2/h7-8,10-11,14H,5-6,9,12-13H2,1-4H3,(H,19,22)(H,20,23). The molecule has 128 valence electrons. The van der Waals surface area contributed by atoms with Crippen molar-refractivity contribution in [3.05, 3.63) is 29.8 Å². The smallest absolute Gasteiger partial charge is 0.238 e. The van der Waals surface area contributed by atoms with Crippen molar-refractivity contribution in [2.24, 2.45) is 0 Å². The molecule has 0 aromatic heterocycles. The molecular formula is C18H29N3O2. The summed E-state index contributed by atoms with van der Waals surface area (Å²) in [5.74, 6) is -0.155. The lowest BCUT2D eigenvalue weighted by atomic mass is 10.1. The van der Waals surface area contributed by atoms with E-state index in [-0.39, 0.29) is 30.9 Å². The molecule has 1 aromatic carbocycles. The predicted molar refractivity (Wildman–Crippen MR) is 94.5 cm³/mol. The number of hydrogen-bond acceptors (Lipinski definition) is 3. The van der Waals surface area contributed by atoms with Crippen molar-refractivity contribution in [1.82, 2.24) is 10.2 Å². The molecule has 0 saturated carbocycles. The van der Waals surface area contributed by atoms with E-state index in [1.165, 1.54) is 0 Å². The molecule has 0 aliphatic carbocycles. The number of amides is 2. The Morgan fingerprint density at radius 2 is 1.78 bits per heavy atom. The quantitative estimate of drug-likeness (QED) is 0.735. The molecule has 0 spiro atoms. The fraction of sp³-hybridized carbons (Fsp3) is 0.556. The van der Waals surface area contributed by atoms with Gasteiger partial charge in [0.25, 0.3) is 0 Å². The summed E-state index contributed by atoms with van der Waals surface area (Å²) in [6.07, 6.45) is 2.87. The Labute approximate surface area is 139 Å². The SMILES string of the molecule is CCCC(C)NC(=O)CN(C)CC(=O)Nc1ccccc1CC. The van der Waals surface area contributed by atoms with Gasteiger partial charge in [-0.2, -0.15) is 0 Å². The first-order chi connectivity index (χ1) is 11.0. The van der Waals surface area contributed by atoms with Crippen LogP contribution in [-0.2, 0) is 16.0 Å². The van der Waals surface area contributed by atoms with Gasteiger partial charge >= 0.3 is 0 Å². The number of nitrogens with one attached hydrogen (secondary N) is 2. The summed E-state index contributed by atoms with van der Waals surface area (Å²) in [7, 11) is 1.77. The van der Waals surface area contributed by atoms with Crippen LogP contribution in [0.5, 0.6) is 0 Å². The van der Waals surface area contributed by atoms with E-state index < -0.39 is 0 Å². The lowest BCUT2D eigenvalue weighted by molar-refractivity contribution is -0.123. The Kier molecular flexibility index (Phi) is 8.33. The number of carbonyl (C=O) groups excluding carboxylic acids is 2. The fourth-order valence-corrected chi connectivity index (χ4v) is 2.51. The van der Waals surface area contributed by atoms with Crippen LogP contribution in [0.1, 0.15) is 39.2 Å². The molecule has 0 radical (unpaired) electrons. The Morgan fingerprint density at radius 1 is 1.13 bits per heavy atom. The summed E-state index contributed by atoms with van der Waals surface area (Å²) in [5, 5.41) is 5.85. The van der Waals surface area contributed by atoms with Crippen molar-refractivity contribution in [2.45, 2.75) is 46.1 Å². The van der Waals surface area contributed by atoms with Crippen molar-refractivity contribution >= 4 is 17.5 Å². The minimum absolute atomic E-state index is 0.0461. The largest absolute Gasteiger partial charge is 0.353 e. The van der Waals surface area contributed by atoms with Gasteiger partial charge in [0, 0.05) is 11.7 Å². The molecule has 5 nitrogen and oxygen atoms in total. The number of rotatable bonds is 9. The summed E-state index contributed by atoms with van der Waals surface area (Å²) >= 11 is 0. The van der Waals surface area contributed by atoms with Gasteiger partial charge in [-0.05, 0) is 38.4 Å². The van der Waals surface area contributed by atoms with E-state index in [9.17, 15) is 9.59 Å². The van der Waals surface area contributed by atoms with Crippen LogP contribution in [-0.4, -0.2) is 42.9 Å². The Bertz CT molecular complexity index is 517. The molecule has 0 aliphatic rings. The van der Waals surface area contributed by atoms with Crippen LogP contribution in [0.3, 0.4) is 0 Å². The van der Waals surface area contributed by atoms with Crippen LogP contribution in [0.4, 0.5) is 5.69 Å². The highest BCUT2D eigenvalue weighted by molar-refractivity contribution is 5.93. The molecule has 0 fully saturated rings. The molecule has 0 saturated heterocycles. The molecule has 0 heterocycles. The van der Waals surface area contributed by atoms with Gasteiger partial charge in [-0.1, -0.05) is 38.5 Å². The van der Waals surface area contributed by atoms with E-state index in [4.69, 9.17) is 0 Å². The maximum absolute atomic E-state index is 12.1. The van der Waals surface area contributed by atoms with Gasteiger partial charge in [0.15, 0.2) is 0 Å². The fourth-order valence-electron chi connectivity index (χ4n) is 2.51. The Hall–Kier alpha value is -1.88. The minimum Gasteiger partial charge on any atom is -0.353 e. The first-order valence-corrected chi connectivity index (χ1v) is 8.31. The highest BCUT2D eigenvalue weighted by atomic mass is 16.2. The number of benzene rings is 1. The molecule has 0 bridgehead atoms. The third-order valence-electron chi connectivity index (χ3n) is 3.63. The molecule has 5 heteroatoms. The van der Waals surface area contributed by atoms with Crippen LogP contribution >= 0.6 is 0 Å². The first kappa shape index (κ1) is 19.2. The molecule has 0 aliphatic heterocycles. The summed E-state index contributed by atoms with van der Waals surface area (Å²) < 4.78 is 0. The summed E-state index contributed by atoms with van der Waals surface area (Å²) in [6.45, 7) is 6.55. The number of hydrogen-bond donors (Lipinski definition) is 2. The third-order valence-corrected chi connectivity index (χ3v) is 3.63. The van der Waals surface area contributed by atoms with E-state index in [2.05, 4.69) is 24.5 Å². The van der Waals surface area contributed by atoms with E-state index in [0.717, 1.165) is 30.5 Å². The number of likely N-dealkylation sites (N-methyl/N-ethyl adjacent to an activating group) is 1. The van der Waals surface area contributed by atoms with Crippen molar-refractivity contribution in [3.8, 4) is 0 Å². The van der Waals surface area contributed by atoms with Crippen molar-refractivity contribution in [1.29, 1.82) is 0 Å². The Balaban J connectivity index is 2.43. The number of para-hydroxylation sites is 1. The highest BCUT2D eigenvalue weighted by Gasteiger charge is 2.13. The van der Waals surface area contributed by atoms with Crippen molar-refractivity contribution in [2.75, 3.05) is 25.5 Å². The average Bonchev–Trinajstić information content (AvgIpc) is 2.47. The third kappa shape index (κ3) is 7.28. The van der Waals surface area contributed by atoms with Crippen LogP contribution in [0.25, 0.3) is 0 Å². The van der Waals surface area contributed by atoms with Crippen LogP contribution < -0.4 is 10.6 Å². The minimum atomic E-state index is -0.109. The van der Waals surface area contributed by atoms with Gasteiger partial charge in [-0.25, -0.2) is 0 Å². The van der Waals surface area contributed by atoms with Crippen LogP contribution in [0, 0.1) is 0 Å². The number of nitrogens with zero attached hydrogens (tertiary/aromatic N) is 1. The maximum Gasteiger partial charge on any atom is 0.238 e. The van der Waals surface area contributed by atoms with Gasteiger partial charge in [-0.3, -0.25) is 14.5 Å². The highest BCUT2D eigenvalue weighted by Crippen LogP contribution is 2.15. The van der Waals surface area contributed by atoms with Crippen molar-refractivity contribution < 1.29 is 9.59 Å². The van der Waals surface area contributed by atoms with Crippen molar-refractivity contribution in [3.63, 3.8) is 0 Å². The number of aryl methyl sites for hydroxylation is 1. The average molecular weight is 319 g/mol. The zero-order chi connectivity index (χ0) is 17.2. The van der Waals surface area contributed by atoms with E-state index >= 15 is 0 Å².